The Kier molecular flexibility index (Phi) is 9.92. The Bertz CT molecular complexity index is 886. The quantitative estimate of drug-likeness (QED) is 0.475. The first-order valence-corrected chi connectivity index (χ1v) is 9.20. The maximum atomic E-state index is 14.8. The van der Waals surface area contributed by atoms with Crippen molar-refractivity contribution in [3.05, 3.63) is 63.9 Å². The van der Waals surface area contributed by atoms with Gasteiger partial charge in [-0.1, -0.05) is 23.7 Å². The minimum absolute atomic E-state index is 0. The van der Waals surface area contributed by atoms with Gasteiger partial charge in [-0.2, -0.15) is 13.2 Å². The van der Waals surface area contributed by atoms with Crippen LogP contribution in [0.2, 0.25) is 5.02 Å². The maximum Gasteiger partial charge on any atom is 0.573 e. The smallest absolute Gasteiger partial charge is 0.406 e. The second-order valence-electron chi connectivity index (χ2n) is 6.66. The number of nitrogens with zero attached hydrogens (tertiary/aromatic N) is 1. The molecular weight excluding hydrogens is 512 g/mol. The van der Waals surface area contributed by atoms with Crippen molar-refractivity contribution < 1.29 is 35.5 Å². The molecule has 3 rings (SSSR count). The highest BCUT2D eigenvalue weighted by molar-refractivity contribution is 6.30. The van der Waals surface area contributed by atoms with Crippen molar-refractivity contribution in [2.24, 2.45) is 0 Å². The molecule has 0 bridgehead atoms. The normalized spacial score (nSPS) is 16.0. The van der Waals surface area contributed by atoms with E-state index in [0.717, 1.165) is 12.1 Å². The Balaban J connectivity index is 0.00000256. The highest BCUT2D eigenvalue weighted by atomic mass is 35.5. The van der Waals surface area contributed by atoms with Crippen molar-refractivity contribution >= 4 is 36.4 Å². The topological polar surface area (TPSA) is 24.5 Å². The number of rotatable bonds is 4. The van der Waals surface area contributed by atoms with E-state index in [0.29, 0.717) is 43.9 Å². The first-order valence-electron chi connectivity index (χ1n) is 8.82. The molecule has 180 valence electrons. The zero-order valence-corrected chi connectivity index (χ0v) is 18.5. The zero-order chi connectivity index (χ0) is 22.1. The molecule has 0 aromatic heterocycles. The summed E-state index contributed by atoms with van der Waals surface area (Å²) in [6.45, 7) is 1.80. The molecule has 0 amide bonds. The van der Waals surface area contributed by atoms with Gasteiger partial charge in [-0.3, -0.25) is 4.90 Å². The van der Waals surface area contributed by atoms with Gasteiger partial charge in [0.25, 0.3) is 0 Å². The average Bonchev–Trinajstić information content (AvgIpc) is 2.65. The third-order valence-corrected chi connectivity index (χ3v) is 4.90. The van der Waals surface area contributed by atoms with Crippen LogP contribution in [0, 0.1) is 5.82 Å². The first-order chi connectivity index (χ1) is 14.0. The lowest BCUT2D eigenvalue weighted by Gasteiger charge is -2.36. The molecule has 0 aliphatic carbocycles. The Labute approximate surface area is 196 Å². The molecule has 32 heavy (non-hydrogen) atoms. The van der Waals surface area contributed by atoms with Gasteiger partial charge in [0.2, 0.25) is 0 Å². The molecule has 0 unspecified atom stereocenters. The van der Waals surface area contributed by atoms with E-state index >= 15 is 0 Å². The van der Waals surface area contributed by atoms with Gasteiger partial charge in [0, 0.05) is 31.7 Å². The number of hydrogen-bond acceptors (Lipinski definition) is 3. The molecule has 1 atom stereocenters. The summed E-state index contributed by atoms with van der Waals surface area (Å²) < 4.78 is 95.7. The minimum atomic E-state index is -4.89. The second kappa shape index (κ2) is 11.1. The third kappa shape index (κ3) is 7.02. The van der Waals surface area contributed by atoms with Crippen molar-refractivity contribution in [3.8, 4) is 5.75 Å². The van der Waals surface area contributed by atoms with E-state index in [1.165, 1.54) is 12.1 Å². The fourth-order valence-corrected chi connectivity index (χ4v) is 3.58. The highest BCUT2D eigenvalue weighted by Crippen LogP contribution is 2.39. The summed E-state index contributed by atoms with van der Waals surface area (Å²) >= 11 is 5.74. The van der Waals surface area contributed by atoms with E-state index in [1.807, 2.05) is 0 Å². The van der Waals surface area contributed by atoms with Crippen LogP contribution in [0.15, 0.2) is 36.4 Å². The van der Waals surface area contributed by atoms with Crippen LogP contribution < -0.4 is 10.1 Å². The number of benzene rings is 2. The number of hydrogen-bond donors (Lipinski definition) is 1. The molecule has 1 aliphatic rings. The monoisotopic (exact) mass is 528 g/mol. The molecule has 0 spiro atoms. The Morgan fingerprint density at radius 2 is 1.50 bits per heavy atom. The van der Waals surface area contributed by atoms with Crippen LogP contribution in [-0.2, 0) is 6.18 Å². The van der Waals surface area contributed by atoms with Gasteiger partial charge in [0.1, 0.15) is 11.6 Å². The molecule has 0 saturated carbocycles. The number of ether oxygens (including phenoxy) is 1. The molecule has 2 aromatic rings. The Morgan fingerprint density at radius 1 is 0.938 bits per heavy atom. The van der Waals surface area contributed by atoms with Crippen LogP contribution in [0.25, 0.3) is 0 Å². The Morgan fingerprint density at radius 3 is 2.00 bits per heavy atom. The summed E-state index contributed by atoms with van der Waals surface area (Å²) in [4.78, 5) is 1.74. The largest absolute Gasteiger partial charge is 0.573 e. The van der Waals surface area contributed by atoms with E-state index < -0.39 is 40.7 Å². The van der Waals surface area contributed by atoms with Crippen LogP contribution in [0.3, 0.4) is 0 Å². The maximum absolute atomic E-state index is 14.8. The van der Waals surface area contributed by atoms with Crippen LogP contribution in [0.4, 0.5) is 30.7 Å². The molecule has 2 aromatic carbocycles. The molecule has 13 heteroatoms. The van der Waals surface area contributed by atoms with Crippen LogP contribution in [0.1, 0.15) is 22.7 Å². The number of piperazine rings is 1. The fraction of sp³-hybridized carbons (Fsp3) is 0.368. The van der Waals surface area contributed by atoms with Crippen molar-refractivity contribution in [2.75, 3.05) is 26.2 Å². The minimum Gasteiger partial charge on any atom is -0.406 e. The number of halogens is 10. The van der Waals surface area contributed by atoms with Crippen LogP contribution >= 0.6 is 36.4 Å². The summed E-state index contributed by atoms with van der Waals surface area (Å²) in [5.74, 6) is -1.50. The lowest BCUT2D eigenvalue weighted by molar-refractivity contribution is -0.274. The zero-order valence-electron chi connectivity index (χ0n) is 16.1. The first kappa shape index (κ1) is 28.6. The van der Waals surface area contributed by atoms with Crippen molar-refractivity contribution in [1.29, 1.82) is 0 Å². The number of nitrogens with one attached hydrogen (secondary N) is 1. The SMILES string of the molecule is Cl.Cl.Fc1c(Cl)cc(C(F)(F)F)cc1[C@H](c1ccc(OC(F)(F)F)cc1)N1CCNCC1. The predicted molar refractivity (Wildman–Crippen MR) is 110 cm³/mol. The third-order valence-electron chi connectivity index (χ3n) is 4.62. The molecule has 1 heterocycles. The van der Waals surface area contributed by atoms with Crippen molar-refractivity contribution in [2.45, 2.75) is 18.6 Å². The lowest BCUT2D eigenvalue weighted by Crippen LogP contribution is -2.45. The molecule has 3 nitrogen and oxygen atoms in total. The van der Waals surface area contributed by atoms with Crippen molar-refractivity contribution in [3.63, 3.8) is 0 Å². The van der Waals surface area contributed by atoms with Gasteiger partial charge in [0.05, 0.1) is 16.6 Å². The molecule has 1 aliphatic heterocycles. The lowest BCUT2D eigenvalue weighted by atomic mass is 9.94. The van der Waals surface area contributed by atoms with Crippen molar-refractivity contribution in [1.82, 2.24) is 10.2 Å². The second-order valence-corrected chi connectivity index (χ2v) is 7.07. The molecule has 1 fully saturated rings. The highest BCUT2D eigenvalue weighted by Gasteiger charge is 2.35. The van der Waals surface area contributed by atoms with E-state index in [9.17, 15) is 30.7 Å². The van der Waals surface area contributed by atoms with Gasteiger partial charge >= 0.3 is 12.5 Å². The summed E-state index contributed by atoms with van der Waals surface area (Å²) in [5, 5.41) is 2.40. The van der Waals surface area contributed by atoms with Gasteiger partial charge in [-0.05, 0) is 29.8 Å². The van der Waals surface area contributed by atoms with Crippen LogP contribution in [-0.4, -0.2) is 37.4 Å². The predicted octanol–water partition coefficient (Wildman–Crippen LogP) is 6.23. The summed E-state index contributed by atoms with van der Waals surface area (Å²) in [7, 11) is 0. The van der Waals surface area contributed by atoms with E-state index in [2.05, 4.69) is 10.1 Å². The van der Waals surface area contributed by atoms with Gasteiger partial charge in [0.15, 0.2) is 0 Å². The average molecular weight is 530 g/mol. The molecular formula is C19H18Cl3F7N2O. The van der Waals surface area contributed by atoms with Gasteiger partial charge in [-0.15, -0.1) is 38.0 Å². The molecule has 0 radical (unpaired) electrons. The molecule has 1 N–H and O–H groups in total. The van der Waals surface area contributed by atoms with E-state index in [-0.39, 0.29) is 30.4 Å². The van der Waals surface area contributed by atoms with E-state index in [1.54, 1.807) is 4.90 Å². The van der Waals surface area contributed by atoms with E-state index in [4.69, 9.17) is 11.6 Å². The summed E-state index contributed by atoms with van der Waals surface area (Å²) in [6.07, 6.45) is -9.63. The molecule has 1 saturated heterocycles. The fourth-order valence-electron chi connectivity index (χ4n) is 3.35. The van der Waals surface area contributed by atoms with Gasteiger partial charge < -0.3 is 10.1 Å². The Hall–Kier alpha value is -1.46. The number of alkyl halides is 6. The standard InChI is InChI=1S/C19H16ClF7N2O.2ClH/c20-15-10-12(18(22,23)24)9-14(16(15)21)17(29-7-5-28-6-8-29)11-1-3-13(4-2-11)30-19(25,26)27;;/h1-4,9-10,17,28H,5-8H2;2*1H/t17-;;/m0../s1. The summed E-state index contributed by atoms with van der Waals surface area (Å²) in [6, 6.07) is 4.81. The van der Waals surface area contributed by atoms with Gasteiger partial charge in [-0.25, -0.2) is 4.39 Å². The summed E-state index contributed by atoms with van der Waals surface area (Å²) in [5.41, 5.74) is -1.11. The van der Waals surface area contributed by atoms with Crippen LogP contribution in [0.5, 0.6) is 5.75 Å².